The second-order valence-corrected chi connectivity index (χ2v) is 4.61. The summed E-state index contributed by atoms with van der Waals surface area (Å²) in [5.74, 6) is -0.360. The molecule has 0 saturated carbocycles. The van der Waals surface area contributed by atoms with Crippen LogP contribution in [0.5, 0.6) is 5.75 Å². The number of rotatable bonds is 5. The highest BCUT2D eigenvalue weighted by Gasteiger charge is 2.08. The first-order valence-corrected chi connectivity index (χ1v) is 6.57. The molecule has 0 bridgehead atoms. The van der Waals surface area contributed by atoms with Gasteiger partial charge in [0.15, 0.2) is 6.61 Å². The van der Waals surface area contributed by atoms with Crippen molar-refractivity contribution in [2.45, 2.75) is 13.5 Å². The largest absolute Gasteiger partial charge is 0.483 e. The van der Waals surface area contributed by atoms with E-state index in [1.807, 2.05) is 18.2 Å². The molecule has 2 aromatic rings. The lowest BCUT2D eigenvalue weighted by Gasteiger charge is -2.11. The fourth-order valence-electron chi connectivity index (χ4n) is 1.88. The van der Waals surface area contributed by atoms with Crippen LogP contribution >= 0.6 is 0 Å². The number of carbonyl (C=O) groups excluding carboxylic acids is 1. The number of amides is 1. The van der Waals surface area contributed by atoms with Crippen molar-refractivity contribution in [1.29, 1.82) is 0 Å². The molecule has 4 nitrogen and oxygen atoms in total. The molecule has 0 unspecified atom stereocenters. The average molecular weight is 288 g/mol. The number of benzene rings is 2. The molecule has 1 amide bonds. The van der Waals surface area contributed by atoms with Gasteiger partial charge in [-0.05, 0) is 30.2 Å². The maximum atomic E-state index is 13.1. The molecule has 5 heteroatoms. The number of aryl methyl sites for hydroxylation is 1. The molecule has 0 saturated heterocycles. The van der Waals surface area contributed by atoms with Crippen LogP contribution in [0.25, 0.3) is 0 Å². The second-order valence-electron chi connectivity index (χ2n) is 4.61. The highest BCUT2D eigenvalue weighted by atomic mass is 19.1. The number of anilines is 1. The van der Waals surface area contributed by atoms with Crippen LogP contribution in [-0.2, 0) is 11.3 Å². The number of ether oxygens (including phenoxy) is 1. The third kappa shape index (κ3) is 4.03. The van der Waals surface area contributed by atoms with Crippen LogP contribution in [0.2, 0.25) is 0 Å². The summed E-state index contributed by atoms with van der Waals surface area (Å²) in [4.78, 5) is 11.9. The van der Waals surface area contributed by atoms with Crippen molar-refractivity contribution >= 4 is 11.6 Å². The SMILES string of the molecule is Cc1ccc(F)cc1OCC(=O)Nc1ccccc1CN. The zero-order valence-corrected chi connectivity index (χ0v) is 11.7. The van der Waals surface area contributed by atoms with E-state index in [1.165, 1.54) is 12.1 Å². The number of nitrogens with one attached hydrogen (secondary N) is 1. The Balaban J connectivity index is 1.97. The first-order valence-electron chi connectivity index (χ1n) is 6.57. The number of carbonyl (C=O) groups is 1. The van der Waals surface area contributed by atoms with E-state index in [2.05, 4.69) is 5.32 Å². The van der Waals surface area contributed by atoms with Gasteiger partial charge < -0.3 is 15.8 Å². The summed E-state index contributed by atoms with van der Waals surface area (Å²) < 4.78 is 18.5. The van der Waals surface area contributed by atoms with Crippen LogP contribution < -0.4 is 15.8 Å². The van der Waals surface area contributed by atoms with Crippen molar-refractivity contribution in [3.05, 3.63) is 59.4 Å². The lowest BCUT2D eigenvalue weighted by Crippen LogP contribution is -2.21. The molecule has 0 aliphatic heterocycles. The minimum Gasteiger partial charge on any atom is -0.483 e. The summed E-state index contributed by atoms with van der Waals surface area (Å²) in [5.41, 5.74) is 7.87. The Bertz CT molecular complexity index is 644. The van der Waals surface area contributed by atoms with Crippen LogP contribution in [0.1, 0.15) is 11.1 Å². The number of hydrogen-bond acceptors (Lipinski definition) is 3. The van der Waals surface area contributed by atoms with Crippen LogP contribution in [0, 0.1) is 12.7 Å². The van der Waals surface area contributed by atoms with Crippen molar-refractivity contribution in [3.8, 4) is 5.75 Å². The predicted octanol–water partition coefficient (Wildman–Crippen LogP) is 2.61. The second kappa shape index (κ2) is 6.85. The summed E-state index contributed by atoms with van der Waals surface area (Å²) in [6.45, 7) is 1.93. The Morgan fingerprint density at radius 3 is 2.81 bits per heavy atom. The minimum absolute atomic E-state index is 0.191. The van der Waals surface area contributed by atoms with Gasteiger partial charge in [0.25, 0.3) is 5.91 Å². The third-order valence-corrected chi connectivity index (χ3v) is 3.02. The standard InChI is InChI=1S/C16H17FN2O2/c1-11-6-7-13(17)8-15(11)21-10-16(20)19-14-5-3-2-4-12(14)9-18/h2-8H,9-10,18H2,1H3,(H,19,20). The number of hydrogen-bond donors (Lipinski definition) is 2. The maximum absolute atomic E-state index is 13.1. The predicted molar refractivity (Wildman–Crippen MR) is 79.6 cm³/mol. The topological polar surface area (TPSA) is 64.3 Å². The lowest BCUT2D eigenvalue weighted by atomic mass is 10.2. The van der Waals surface area contributed by atoms with Gasteiger partial charge in [-0.1, -0.05) is 24.3 Å². The van der Waals surface area contributed by atoms with Gasteiger partial charge in [-0.3, -0.25) is 4.79 Å². The van der Waals surface area contributed by atoms with E-state index < -0.39 is 5.82 Å². The van der Waals surface area contributed by atoms with Crippen molar-refractivity contribution in [2.75, 3.05) is 11.9 Å². The molecular weight excluding hydrogens is 271 g/mol. The Morgan fingerprint density at radius 2 is 2.05 bits per heavy atom. The van der Waals surface area contributed by atoms with Crippen LogP contribution in [0.3, 0.4) is 0 Å². The van der Waals surface area contributed by atoms with Gasteiger partial charge in [-0.25, -0.2) is 4.39 Å². The Morgan fingerprint density at radius 1 is 1.29 bits per heavy atom. The molecule has 2 aromatic carbocycles. The molecule has 0 aromatic heterocycles. The van der Waals surface area contributed by atoms with Crippen LogP contribution in [0.15, 0.2) is 42.5 Å². The van der Waals surface area contributed by atoms with Gasteiger partial charge in [0, 0.05) is 18.3 Å². The molecule has 21 heavy (non-hydrogen) atoms. The van der Waals surface area contributed by atoms with E-state index in [0.717, 1.165) is 11.1 Å². The fourth-order valence-corrected chi connectivity index (χ4v) is 1.88. The van der Waals surface area contributed by atoms with E-state index in [-0.39, 0.29) is 12.5 Å². The van der Waals surface area contributed by atoms with Crippen LogP contribution in [-0.4, -0.2) is 12.5 Å². The molecule has 0 aliphatic carbocycles. The van der Waals surface area contributed by atoms with Crippen molar-refractivity contribution < 1.29 is 13.9 Å². The Kier molecular flexibility index (Phi) is 4.90. The fraction of sp³-hybridized carbons (Fsp3) is 0.188. The lowest BCUT2D eigenvalue weighted by molar-refractivity contribution is -0.118. The van der Waals surface area contributed by atoms with Gasteiger partial charge in [0.2, 0.25) is 0 Å². The first-order chi connectivity index (χ1) is 10.1. The molecule has 0 spiro atoms. The molecule has 0 heterocycles. The highest BCUT2D eigenvalue weighted by Crippen LogP contribution is 2.19. The Hall–Kier alpha value is -2.40. The summed E-state index contributed by atoms with van der Waals surface area (Å²) >= 11 is 0. The molecule has 0 aliphatic rings. The number of para-hydroxylation sites is 1. The molecule has 2 rings (SSSR count). The maximum Gasteiger partial charge on any atom is 0.262 e. The third-order valence-electron chi connectivity index (χ3n) is 3.02. The highest BCUT2D eigenvalue weighted by molar-refractivity contribution is 5.92. The van der Waals surface area contributed by atoms with Crippen molar-refractivity contribution in [3.63, 3.8) is 0 Å². The molecule has 110 valence electrons. The van der Waals surface area contributed by atoms with Crippen LogP contribution in [0.4, 0.5) is 10.1 Å². The molecule has 0 radical (unpaired) electrons. The van der Waals surface area contributed by atoms with Crippen molar-refractivity contribution in [2.24, 2.45) is 5.73 Å². The van der Waals surface area contributed by atoms with Crippen molar-refractivity contribution in [1.82, 2.24) is 0 Å². The van der Waals surface area contributed by atoms with E-state index in [4.69, 9.17) is 10.5 Å². The average Bonchev–Trinajstić information content (AvgIpc) is 2.49. The molecule has 0 atom stereocenters. The van der Waals surface area contributed by atoms with E-state index in [1.54, 1.807) is 19.1 Å². The molecule has 0 fully saturated rings. The molecule has 3 N–H and O–H groups in total. The minimum atomic E-state index is -0.399. The monoisotopic (exact) mass is 288 g/mol. The van der Waals surface area contributed by atoms with Gasteiger partial charge in [0.05, 0.1) is 0 Å². The van der Waals surface area contributed by atoms with E-state index >= 15 is 0 Å². The zero-order valence-electron chi connectivity index (χ0n) is 11.7. The van der Waals surface area contributed by atoms with Gasteiger partial charge in [-0.2, -0.15) is 0 Å². The number of halogens is 1. The van der Waals surface area contributed by atoms with E-state index in [0.29, 0.717) is 18.0 Å². The summed E-state index contributed by atoms with van der Waals surface area (Å²) in [5, 5.41) is 2.73. The summed E-state index contributed by atoms with van der Waals surface area (Å²) in [7, 11) is 0. The zero-order chi connectivity index (χ0) is 15.2. The quantitative estimate of drug-likeness (QED) is 0.889. The van der Waals surface area contributed by atoms with Gasteiger partial charge in [0.1, 0.15) is 11.6 Å². The van der Waals surface area contributed by atoms with E-state index in [9.17, 15) is 9.18 Å². The molecular formula is C16H17FN2O2. The summed E-state index contributed by atoms with van der Waals surface area (Å²) in [6.07, 6.45) is 0. The first kappa shape index (κ1) is 15.0. The normalized spacial score (nSPS) is 10.2. The smallest absolute Gasteiger partial charge is 0.262 e. The van der Waals surface area contributed by atoms with Gasteiger partial charge in [-0.15, -0.1) is 0 Å². The Labute approximate surface area is 122 Å². The summed E-state index contributed by atoms with van der Waals surface area (Å²) in [6, 6.07) is 11.5. The van der Waals surface area contributed by atoms with Gasteiger partial charge >= 0.3 is 0 Å². The number of nitrogens with two attached hydrogens (primary N) is 1.